The topological polar surface area (TPSA) is 29.1 Å². The Hall–Kier alpha value is -0.650. The van der Waals surface area contributed by atoms with Gasteiger partial charge in [0.25, 0.3) is 0 Å². The summed E-state index contributed by atoms with van der Waals surface area (Å²) in [6.07, 6.45) is 4.15. The molecule has 0 spiro atoms. The Bertz CT molecular complexity index is 404. The molecule has 1 aromatic rings. The molecule has 1 N–H and O–H groups in total. The normalized spacial score (nSPS) is 15.6. The van der Waals surface area contributed by atoms with E-state index in [-0.39, 0.29) is 11.7 Å². The van der Waals surface area contributed by atoms with Crippen molar-refractivity contribution < 1.29 is 9.18 Å². The third kappa shape index (κ3) is 2.93. The summed E-state index contributed by atoms with van der Waals surface area (Å²) in [5, 5.41) is 2.82. The highest BCUT2D eigenvalue weighted by molar-refractivity contribution is 14.1. The van der Waals surface area contributed by atoms with Crippen LogP contribution in [0.4, 0.5) is 10.1 Å². The second kappa shape index (κ2) is 5.12. The number of hydrogen-bond acceptors (Lipinski definition) is 1. The van der Waals surface area contributed by atoms with Crippen LogP contribution in [0.15, 0.2) is 18.2 Å². The molecular formula is C12H13FINO. The number of carbonyl (C=O) groups excluding carboxylic acids is 1. The van der Waals surface area contributed by atoms with E-state index in [0.717, 1.165) is 16.4 Å². The minimum Gasteiger partial charge on any atom is -0.325 e. The zero-order chi connectivity index (χ0) is 11.5. The smallest absolute Gasteiger partial charge is 0.224 e. The molecule has 86 valence electrons. The lowest BCUT2D eigenvalue weighted by atomic mass is 9.83. The first-order chi connectivity index (χ1) is 7.65. The first-order valence-corrected chi connectivity index (χ1v) is 6.48. The molecule has 0 heterocycles. The Kier molecular flexibility index (Phi) is 3.78. The van der Waals surface area contributed by atoms with E-state index < -0.39 is 0 Å². The fourth-order valence-electron chi connectivity index (χ4n) is 1.75. The van der Waals surface area contributed by atoms with E-state index in [1.807, 2.05) is 22.6 Å². The quantitative estimate of drug-likeness (QED) is 0.842. The first kappa shape index (κ1) is 11.8. The van der Waals surface area contributed by atoms with Gasteiger partial charge in [-0.3, -0.25) is 4.79 Å². The van der Waals surface area contributed by atoms with Crippen molar-refractivity contribution in [3.63, 3.8) is 0 Å². The van der Waals surface area contributed by atoms with Gasteiger partial charge in [-0.15, -0.1) is 0 Å². The van der Waals surface area contributed by atoms with Crippen molar-refractivity contribution in [3.05, 3.63) is 27.6 Å². The molecule has 1 aliphatic carbocycles. The maximum atomic E-state index is 12.8. The van der Waals surface area contributed by atoms with Crippen LogP contribution in [-0.2, 0) is 4.79 Å². The summed E-state index contributed by atoms with van der Waals surface area (Å²) >= 11 is 2.02. The zero-order valence-corrected chi connectivity index (χ0v) is 11.0. The summed E-state index contributed by atoms with van der Waals surface area (Å²) in [4.78, 5) is 11.6. The summed E-state index contributed by atoms with van der Waals surface area (Å²) < 4.78 is 13.6. The van der Waals surface area contributed by atoms with Crippen molar-refractivity contribution in [2.75, 3.05) is 5.32 Å². The lowest BCUT2D eigenvalue weighted by molar-refractivity contribution is -0.117. The highest BCUT2D eigenvalue weighted by Gasteiger charge is 2.20. The minimum atomic E-state index is -0.276. The van der Waals surface area contributed by atoms with Crippen LogP contribution in [0, 0.1) is 15.3 Å². The van der Waals surface area contributed by atoms with Gasteiger partial charge in [0.05, 0.1) is 5.69 Å². The van der Waals surface area contributed by atoms with Gasteiger partial charge < -0.3 is 5.32 Å². The minimum absolute atomic E-state index is 0.0363. The SMILES string of the molecule is O=C(CC1CCC1)Nc1ccc(F)cc1I. The molecule has 1 saturated carbocycles. The molecule has 1 fully saturated rings. The molecule has 0 aromatic heterocycles. The van der Waals surface area contributed by atoms with Crippen LogP contribution in [0.2, 0.25) is 0 Å². The van der Waals surface area contributed by atoms with E-state index in [2.05, 4.69) is 5.32 Å². The number of hydrogen-bond donors (Lipinski definition) is 1. The molecule has 16 heavy (non-hydrogen) atoms. The van der Waals surface area contributed by atoms with Gasteiger partial charge in [0.2, 0.25) is 5.91 Å². The molecule has 1 aromatic carbocycles. The van der Waals surface area contributed by atoms with Crippen LogP contribution in [0.3, 0.4) is 0 Å². The maximum Gasteiger partial charge on any atom is 0.224 e. The van der Waals surface area contributed by atoms with Crippen LogP contribution in [0.25, 0.3) is 0 Å². The number of anilines is 1. The third-order valence-corrected chi connectivity index (χ3v) is 3.80. The molecule has 0 saturated heterocycles. The van der Waals surface area contributed by atoms with Gasteiger partial charge in [0.15, 0.2) is 0 Å². The summed E-state index contributed by atoms with van der Waals surface area (Å²) in [6.45, 7) is 0. The van der Waals surface area contributed by atoms with Crippen molar-refractivity contribution in [2.45, 2.75) is 25.7 Å². The zero-order valence-electron chi connectivity index (χ0n) is 8.80. The maximum absolute atomic E-state index is 12.8. The molecule has 0 aliphatic heterocycles. The molecule has 1 amide bonds. The molecule has 2 rings (SSSR count). The monoisotopic (exact) mass is 333 g/mol. The molecule has 2 nitrogen and oxygen atoms in total. The predicted molar refractivity (Wildman–Crippen MR) is 69.7 cm³/mol. The molecule has 0 atom stereocenters. The van der Waals surface area contributed by atoms with Gasteiger partial charge in [0, 0.05) is 9.99 Å². The van der Waals surface area contributed by atoms with E-state index in [4.69, 9.17) is 0 Å². The fourth-order valence-corrected chi connectivity index (χ4v) is 2.36. The molecule has 4 heteroatoms. The van der Waals surface area contributed by atoms with Crippen molar-refractivity contribution in [1.82, 2.24) is 0 Å². The lowest BCUT2D eigenvalue weighted by Gasteiger charge is -2.24. The summed E-state index contributed by atoms with van der Waals surface area (Å²) in [5.74, 6) is 0.314. The lowest BCUT2D eigenvalue weighted by Crippen LogP contribution is -2.21. The van der Waals surface area contributed by atoms with Crippen LogP contribution in [0.1, 0.15) is 25.7 Å². The molecule has 0 radical (unpaired) electrons. The van der Waals surface area contributed by atoms with E-state index in [9.17, 15) is 9.18 Å². The third-order valence-electron chi connectivity index (χ3n) is 2.90. The summed E-state index contributed by atoms with van der Waals surface area (Å²) in [7, 11) is 0. The van der Waals surface area contributed by atoms with Crippen LogP contribution >= 0.6 is 22.6 Å². The van der Waals surface area contributed by atoms with Gasteiger partial charge in [-0.2, -0.15) is 0 Å². The second-order valence-electron chi connectivity index (χ2n) is 4.17. The van der Waals surface area contributed by atoms with Gasteiger partial charge in [-0.25, -0.2) is 4.39 Å². The van der Waals surface area contributed by atoms with Gasteiger partial charge >= 0.3 is 0 Å². The Morgan fingerprint density at radius 2 is 2.25 bits per heavy atom. The van der Waals surface area contributed by atoms with E-state index >= 15 is 0 Å². The second-order valence-corrected chi connectivity index (χ2v) is 5.34. The van der Waals surface area contributed by atoms with Crippen LogP contribution in [0.5, 0.6) is 0 Å². The van der Waals surface area contributed by atoms with E-state index in [1.54, 1.807) is 6.07 Å². The number of halogens is 2. The highest BCUT2D eigenvalue weighted by atomic mass is 127. The number of nitrogens with one attached hydrogen (secondary N) is 1. The van der Waals surface area contributed by atoms with Gasteiger partial charge in [0.1, 0.15) is 5.82 Å². The van der Waals surface area contributed by atoms with E-state index in [0.29, 0.717) is 18.0 Å². The van der Waals surface area contributed by atoms with Crippen molar-refractivity contribution in [1.29, 1.82) is 0 Å². The average Bonchev–Trinajstić information content (AvgIpc) is 2.16. The predicted octanol–water partition coefficient (Wildman–Crippen LogP) is 3.56. The van der Waals surface area contributed by atoms with Crippen LogP contribution < -0.4 is 5.32 Å². The Morgan fingerprint density at radius 1 is 1.50 bits per heavy atom. The number of benzene rings is 1. The molecule has 0 bridgehead atoms. The van der Waals surface area contributed by atoms with Crippen molar-refractivity contribution in [2.24, 2.45) is 5.92 Å². The summed E-state index contributed by atoms with van der Waals surface area (Å²) in [6, 6.07) is 4.39. The molecule has 0 unspecified atom stereocenters. The van der Waals surface area contributed by atoms with Crippen molar-refractivity contribution in [3.8, 4) is 0 Å². The number of carbonyl (C=O) groups is 1. The Balaban J connectivity index is 1.94. The first-order valence-electron chi connectivity index (χ1n) is 5.40. The molecular weight excluding hydrogens is 320 g/mol. The number of amides is 1. The van der Waals surface area contributed by atoms with Gasteiger partial charge in [-0.1, -0.05) is 6.42 Å². The molecule has 1 aliphatic rings. The Labute approximate surface area is 108 Å². The average molecular weight is 333 g/mol. The van der Waals surface area contributed by atoms with Crippen LogP contribution in [-0.4, -0.2) is 5.91 Å². The largest absolute Gasteiger partial charge is 0.325 e. The van der Waals surface area contributed by atoms with Gasteiger partial charge in [-0.05, 0) is 59.5 Å². The van der Waals surface area contributed by atoms with E-state index in [1.165, 1.54) is 18.6 Å². The van der Waals surface area contributed by atoms with Crippen molar-refractivity contribution >= 4 is 34.2 Å². The number of rotatable bonds is 3. The highest BCUT2D eigenvalue weighted by Crippen LogP contribution is 2.30. The fraction of sp³-hybridized carbons (Fsp3) is 0.417. The summed E-state index contributed by atoms with van der Waals surface area (Å²) in [5.41, 5.74) is 0.700. The Morgan fingerprint density at radius 3 is 2.81 bits per heavy atom. The standard InChI is InChI=1S/C12H13FINO/c13-9-4-5-11(10(14)7-9)15-12(16)6-8-2-1-3-8/h4-5,7-8H,1-3,6H2,(H,15,16).